The summed E-state index contributed by atoms with van der Waals surface area (Å²) in [6.45, 7) is 4.58. The smallest absolute Gasteiger partial charge is 0.233 e. The van der Waals surface area contributed by atoms with E-state index < -0.39 is 23.7 Å². The zero-order chi connectivity index (χ0) is 24.4. The number of nitriles is 1. The number of halogens is 1. The first-order valence-corrected chi connectivity index (χ1v) is 10.5. The minimum Gasteiger partial charge on any atom is -0.394 e. The second kappa shape index (κ2) is 12.3. The summed E-state index contributed by atoms with van der Waals surface area (Å²) in [6.07, 6.45) is 3.44. The Bertz CT molecular complexity index is 1070. The molecule has 2 rings (SSSR count). The molecular formula is C25H28FN5O2. The Morgan fingerprint density at radius 1 is 1.24 bits per heavy atom. The molecule has 2 aromatic carbocycles. The Hall–Kier alpha value is -3.83. The summed E-state index contributed by atoms with van der Waals surface area (Å²) in [5.41, 5.74) is 1.49. The van der Waals surface area contributed by atoms with Gasteiger partial charge in [0.1, 0.15) is 12.1 Å². The van der Waals surface area contributed by atoms with Gasteiger partial charge in [-0.1, -0.05) is 38.1 Å². The number of anilines is 1. The summed E-state index contributed by atoms with van der Waals surface area (Å²) in [4.78, 5) is 25.4. The average molecular weight is 450 g/mol. The number of benzene rings is 2. The topological polar surface area (TPSA) is 118 Å². The summed E-state index contributed by atoms with van der Waals surface area (Å²) in [5.74, 6) is -1.84. The van der Waals surface area contributed by atoms with Crippen LogP contribution in [-0.2, 0) is 4.79 Å². The highest BCUT2D eigenvalue weighted by Gasteiger charge is 2.33. The van der Waals surface area contributed by atoms with Gasteiger partial charge in [0.15, 0.2) is 0 Å². The van der Waals surface area contributed by atoms with Gasteiger partial charge in [-0.2, -0.15) is 5.26 Å². The van der Waals surface area contributed by atoms with Gasteiger partial charge in [0.2, 0.25) is 5.91 Å². The Balaban J connectivity index is 2.62. The van der Waals surface area contributed by atoms with Gasteiger partial charge in [0.05, 0.1) is 23.6 Å². The number of carbonyl (C=O) groups excluding carboxylic acids is 2. The lowest BCUT2D eigenvalue weighted by molar-refractivity contribution is -0.118. The first-order valence-electron chi connectivity index (χ1n) is 10.5. The lowest BCUT2D eigenvalue weighted by Gasteiger charge is -2.30. The maximum atomic E-state index is 14.0. The van der Waals surface area contributed by atoms with Crippen LogP contribution in [-0.4, -0.2) is 38.0 Å². The quantitative estimate of drug-likeness (QED) is 0.309. The van der Waals surface area contributed by atoms with Crippen molar-refractivity contribution in [2.75, 3.05) is 18.9 Å². The van der Waals surface area contributed by atoms with Crippen LogP contribution in [0.1, 0.15) is 41.3 Å². The normalized spacial score (nSPS) is 13.0. The second-order valence-corrected chi connectivity index (χ2v) is 7.91. The van der Waals surface area contributed by atoms with E-state index in [2.05, 4.69) is 16.0 Å². The van der Waals surface area contributed by atoms with Crippen molar-refractivity contribution in [1.29, 1.82) is 10.7 Å². The van der Waals surface area contributed by atoms with E-state index in [4.69, 9.17) is 10.7 Å². The number of nitrogens with one attached hydrogen (secondary N) is 4. The van der Waals surface area contributed by atoms with Crippen LogP contribution >= 0.6 is 0 Å². The van der Waals surface area contributed by atoms with Gasteiger partial charge in [-0.3, -0.25) is 9.59 Å². The Morgan fingerprint density at radius 3 is 2.58 bits per heavy atom. The number of nitrogens with zero attached hydrogens (tertiary/aromatic N) is 1. The highest BCUT2D eigenvalue weighted by atomic mass is 19.1. The molecule has 4 N–H and O–H groups in total. The number of hydrogen-bond donors (Lipinski definition) is 4. The molecule has 0 heterocycles. The Labute approximate surface area is 193 Å². The zero-order valence-electron chi connectivity index (χ0n) is 18.9. The molecule has 1 amide bonds. The van der Waals surface area contributed by atoms with Crippen LogP contribution in [0.25, 0.3) is 0 Å². The van der Waals surface area contributed by atoms with Crippen molar-refractivity contribution in [3.63, 3.8) is 0 Å². The number of aldehydes is 1. The fraction of sp³-hybridized carbons (Fsp3) is 0.280. The maximum Gasteiger partial charge on any atom is 0.233 e. The predicted molar refractivity (Wildman–Crippen MR) is 127 cm³/mol. The van der Waals surface area contributed by atoms with E-state index >= 15 is 0 Å². The van der Waals surface area contributed by atoms with Crippen molar-refractivity contribution in [1.82, 2.24) is 10.6 Å². The van der Waals surface area contributed by atoms with Gasteiger partial charge in [0, 0.05) is 36.3 Å². The van der Waals surface area contributed by atoms with E-state index in [-0.39, 0.29) is 17.2 Å². The minimum atomic E-state index is -0.930. The SMILES string of the molecule is CN/C=C(\C=N)[C@@H](NCC(C)C)C(C(=O)Nc1cc(F)cc(C#N)c1)c1ccccc1C=O. The van der Waals surface area contributed by atoms with Gasteiger partial charge in [0.25, 0.3) is 0 Å². The molecule has 1 unspecified atom stereocenters. The number of amides is 1. The van der Waals surface area contributed by atoms with Crippen molar-refractivity contribution in [2.45, 2.75) is 25.8 Å². The fourth-order valence-electron chi connectivity index (χ4n) is 3.50. The van der Waals surface area contributed by atoms with Gasteiger partial charge in [-0.25, -0.2) is 4.39 Å². The van der Waals surface area contributed by atoms with Crippen LogP contribution in [0.15, 0.2) is 54.2 Å². The number of hydrogen-bond acceptors (Lipinski definition) is 6. The molecule has 0 saturated carbocycles. The molecule has 0 spiro atoms. The summed E-state index contributed by atoms with van der Waals surface area (Å²) >= 11 is 0. The summed E-state index contributed by atoms with van der Waals surface area (Å²) in [6, 6.07) is 11.5. The summed E-state index contributed by atoms with van der Waals surface area (Å²) < 4.78 is 14.0. The van der Waals surface area contributed by atoms with Crippen LogP contribution in [0.4, 0.5) is 10.1 Å². The molecule has 2 atom stereocenters. The van der Waals surface area contributed by atoms with E-state index in [0.29, 0.717) is 29.5 Å². The number of rotatable bonds is 11. The summed E-state index contributed by atoms with van der Waals surface area (Å²) in [5, 5.41) is 26.0. The van der Waals surface area contributed by atoms with Crippen LogP contribution in [0.3, 0.4) is 0 Å². The van der Waals surface area contributed by atoms with E-state index in [1.807, 2.05) is 19.9 Å². The van der Waals surface area contributed by atoms with Crippen molar-refractivity contribution in [3.05, 3.63) is 76.7 Å². The monoisotopic (exact) mass is 449 g/mol. The van der Waals surface area contributed by atoms with Crippen molar-refractivity contribution in [2.24, 2.45) is 5.92 Å². The second-order valence-electron chi connectivity index (χ2n) is 7.91. The van der Waals surface area contributed by atoms with Crippen molar-refractivity contribution < 1.29 is 14.0 Å². The molecule has 172 valence electrons. The summed E-state index contributed by atoms with van der Waals surface area (Å²) in [7, 11) is 1.69. The lowest BCUT2D eigenvalue weighted by Crippen LogP contribution is -2.44. The molecule has 2 aromatic rings. The third-order valence-electron chi connectivity index (χ3n) is 4.95. The van der Waals surface area contributed by atoms with Crippen LogP contribution in [0.5, 0.6) is 0 Å². The van der Waals surface area contributed by atoms with Crippen LogP contribution in [0, 0.1) is 28.5 Å². The van der Waals surface area contributed by atoms with Gasteiger partial charge in [-0.15, -0.1) is 0 Å². The predicted octanol–water partition coefficient (Wildman–Crippen LogP) is 3.60. The van der Waals surface area contributed by atoms with Gasteiger partial charge in [-0.05, 0) is 36.2 Å². The number of carbonyl (C=O) groups is 2. The van der Waals surface area contributed by atoms with Gasteiger partial charge >= 0.3 is 0 Å². The minimum absolute atomic E-state index is 0.0693. The largest absolute Gasteiger partial charge is 0.394 e. The molecule has 0 aliphatic rings. The molecule has 0 fully saturated rings. The molecule has 0 radical (unpaired) electrons. The maximum absolute atomic E-state index is 14.0. The Kier molecular flexibility index (Phi) is 9.45. The molecule has 8 heteroatoms. The highest BCUT2D eigenvalue weighted by Crippen LogP contribution is 2.29. The first kappa shape index (κ1) is 25.4. The fourth-order valence-corrected chi connectivity index (χ4v) is 3.50. The van der Waals surface area contributed by atoms with Crippen molar-refractivity contribution in [3.8, 4) is 6.07 Å². The van der Waals surface area contributed by atoms with Crippen LogP contribution in [0.2, 0.25) is 0 Å². The van der Waals surface area contributed by atoms with E-state index in [1.165, 1.54) is 6.07 Å². The molecule has 0 saturated heterocycles. The molecule has 33 heavy (non-hydrogen) atoms. The molecule has 0 aromatic heterocycles. The highest BCUT2D eigenvalue weighted by molar-refractivity contribution is 5.99. The third kappa shape index (κ3) is 6.82. The first-order chi connectivity index (χ1) is 15.8. The molecule has 0 aliphatic heterocycles. The molecule has 7 nitrogen and oxygen atoms in total. The van der Waals surface area contributed by atoms with E-state index in [0.717, 1.165) is 18.3 Å². The molecular weight excluding hydrogens is 421 g/mol. The van der Waals surface area contributed by atoms with E-state index in [1.54, 1.807) is 37.5 Å². The standard InChI is InChI=1S/C25H28FN5O2/c1-16(2)13-30-24(19(12-28)14-29-3)23(22-7-5-4-6-18(22)15-32)25(33)31-21-9-17(11-27)8-20(26)10-21/h4-10,12,14-16,23-24,28-30H,13H2,1-3H3,(H,31,33)/b19-14+,28-12?/t23?,24-/m1/s1. The average Bonchev–Trinajstić information content (AvgIpc) is 2.79. The third-order valence-corrected chi connectivity index (χ3v) is 4.95. The Morgan fingerprint density at radius 2 is 1.97 bits per heavy atom. The van der Waals surface area contributed by atoms with Crippen molar-refractivity contribution >= 4 is 24.1 Å². The zero-order valence-corrected chi connectivity index (χ0v) is 18.9. The van der Waals surface area contributed by atoms with E-state index in [9.17, 15) is 14.0 Å². The van der Waals surface area contributed by atoms with Gasteiger partial charge < -0.3 is 21.4 Å². The molecule has 0 bridgehead atoms. The molecule has 0 aliphatic carbocycles. The van der Waals surface area contributed by atoms with Crippen LogP contribution < -0.4 is 16.0 Å². The lowest BCUT2D eigenvalue weighted by atomic mass is 9.83.